The Kier molecular flexibility index (Phi) is 6.16. The molecule has 0 aliphatic rings. The van der Waals surface area contributed by atoms with Gasteiger partial charge in [0, 0.05) is 6.54 Å². The zero-order valence-corrected chi connectivity index (χ0v) is 15.1. The molecule has 2 rings (SSSR count). The van der Waals surface area contributed by atoms with E-state index in [1.54, 1.807) is 14.0 Å². The van der Waals surface area contributed by atoms with E-state index >= 15 is 0 Å². The molecule has 7 heteroatoms. The number of aromatic nitrogens is 1. The van der Waals surface area contributed by atoms with Gasteiger partial charge in [-0.3, -0.25) is 0 Å². The predicted octanol–water partition coefficient (Wildman–Crippen LogP) is 3.16. The van der Waals surface area contributed by atoms with Crippen molar-refractivity contribution in [3.8, 4) is 22.1 Å². The van der Waals surface area contributed by atoms with Gasteiger partial charge in [-0.25, -0.2) is 9.78 Å². The van der Waals surface area contributed by atoms with Crippen molar-refractivity contribution in [2.75, 3.05) is 34.4 Å². The van der Waals surface area contributed by atoms with Gasteiger partial charge in [-0.2, -0.15) is 0 Å². The van der Waals surface area contributed by atoms with Gasteiger partial charge < -0.3 is 19.5 Å². The van der Waals surface area contributed by atoms with Crippen LogP contribution in [-0.2, 0) is 0 Å². The molecule has 24 heavy (non-hydrogen) atoms. The van der Waals surface area contributed by atoms with Crippen LogP contribution in [0.5, 0.6) is 11.5 Å². The Hall–Kier alpha value is -2.12. The first-order valence-electron chi connectivity index (χ1n) is 7.59. The third-order valence-electron chi connectivity index (χ3n) is 3.42. The number of para-hydroxylation sites is 1. The number of aromatic carboxylic acids is 1. The first-order valence-corrected chi connectivity index (χ1v) is 8.41. The van der Waals surface area contributed by atoms with Crippen molar-refractivity contribution in [1.29, 1.82) is 0 Å². The molecule has 6 nitrogen and oxygen atoms in total. The Morgan fingerprint density at radius 2 is 2.12 bits per heavy atom. The van der Waals surface area contributed by atoms with Crippen LogP contribution in [0, 0.1) is 6.92 Å². The van der Waals surface area contributed by atoms with E-state index in [2.05, 4.69) is 9.88 Å². The monoisotopic (exact) mass is 350 g/mol. The molecule has 0 aliphatic carbocycles. The Morgan fingerprint density at radius 3 is 2.71 bits per heavy atom. The van der Waals surface area contributed by atoms with Gasteiger partial charge in [-0.1, -0.05) is 6.07 Å². The lowest BCUT2D eigenvalue weighted by atomic mass is 10.2. The number of carboxylic acid groups (broad SMARTS) is 1. The molecule has 0 unspecified atom stereocenters. The third-order valence-corrected chi connectivity index (χ3v) is 4.59. The molecule has 130 valence electrons. The highest BCUT2D eigenvalue weighted by molar-refractivity contribution is 7.17. The van der Waals surface area contributed by atoms with Gasteiger partial charge in [-0.15, -0.1) is 11.3 Å². The van der Waals surface area contributed by atoms with Gasteiger partial charge in [-0.05, 0) is 39.6 Å². The third kappa shape index (κ3) is 4.24. The molecule has 1 heterocycles. The average Bonchev–Trinajstić information content (AvgIpc) is 2.93. The van der Waals surface area contributed by atoms with E-state index in [1.165, 1.54) is 0 Å². The molecule has 1 aromatic carbocycles. The van der Waals surface area contributed by atoms with E-state index in [4.69, 9.17) is 9.47 Å². The number of aryl methyl sites for hydroxylation is 1. The van der Waals surface area contributed by atoms with Gasteiger partial charge in [0.15, 0.2) is 11.5 Å². The number of benzene rings is 1. The number of carboxylic acids is 1. The fraction of sp³-hybridized carbons (Fsp3) is 0.412. The number of nitrogens with zero attached hydrogens (tertiary/aromatic N) is 2. The number of thiazole rings is 1. The van der Waals surface area contributed by atoms with Crippen molar-refractivity contribution in [1.82, 2.24) is 9.88 Å². The lowest BCUT2D eigenvalue weighted by Gasteiger charge is -2.15. The minimum atomic E-state index is -0.965. The molecular formula is C17H22N2O4S. The summed E-state index contributed by atoms with van der Waals surface area (Å²) in [6, 6.07) is 5.54. The van der Waals surface area contributed by atoms with Crippen LogP contribution < -0.4 is 9.47 Å². The van der Waals surface area contributed by atoms with Crippen molar-refractivity contribution < 1.29 is 19.4 Å². The van der Waals surface area contributed by atoms with E-state index in [-0.39, 0.29) is 4.88 Å². The summed E-state index contributed by atoms with van der Waals surface area (Å²) in [5.41, 5.74) is 1.25. The molecule has 2 aromatic rings. The number of hydrogen-bond acceptors (Lipinski definition) is 6. The van der Waals surface area contributed by atoms with Crippen LogP contribution in [0.4, 0.5) is 0 Å². The van der Waals surface area contributed by atoms with Crippen molar-refractivity contribution in [2.24, 2.45) is 0 Å². The van der Waals surface area contributed by atoms with Gasteiger partial charge >= 0.3 is 5.97 Å². The maximum absolute atomic E-state index is 11.3. The van der Waals surface area contributed by atoms with E-state index in [0.717, 1.165) is 29.9 Å². The van der Waals surface area contributed by atoms with Gasteiger partial charge in [0.1, 0.15) is 9.88 Å². The van der Waals surface area contributed by atoms with Crippen LogP contribution in [0.25, 0.3) is 10.6 Å². The minimum absolute atomic E-state index is 0.242. The standard InChI is InChI=1S/C17H22N2O4S/c1-11-15(17(20)21)24-16(18-11)12-7-5-8-13(22-4)14(12)23-10-6-9-19(2)3/h5,7-8H,6,9-10H2,1-4H3,(H,20,21). The lowest BCUT2D eigenvalue weighted by Crippen LogP contribution is -2.15. The molecule has 0 saturated heterocycles. The summed E-state index contributed by atoms with van der Waals surface area (Å²) in [6.45, 7) is 3.16. The summed E-state index contributed by atoms with van der Waals surface area (Å²) in [6.07, 6.45) is 0.877. The fourth-order valence-corrected chi connectivity index (χ4v) is 3.19. The molecule has 0 saturated carbocycles. The number of hydrogen-bond donors (Lipinski definition) is 1. The number of ether oxygens (including phenoxy) is 2. The number of rotatable bonds is 8. The molecule has 0 radical (unpaired) electrons. The SMILES string of the molecule is COc1cccc(-c2nc(C)c(C(=O)O)s2)c1OCCCN(C)C. The largest absolute Gasteiger partial charge is 0.493 e. The topological polar surface area (TPSA) is 71.9 Å². The number of carbonyl (C=O) groups is 1. The molecule has 1 aromatic heterocycles. The van der Waals surface area contributed by atoms with Crippen LogP contribution >= 0.6 is 11.3 Å². The smallest absolute Gasteiger partial charge is 0.347 e. The minimum Gasteiger partial charge on any atom is -0.493 e. The molecule has 0 atom stereocenters. The Morgan fingerprint density at radius 1 is 1.38 bits per heavy atom. The predicted molar refractivity (Wildman–Crippen MR) is 94.5 cm³/mol. The van der Waals surface area contributed by atoms with Crippen LogP contribution in [0.3, 0.4) is 0 Å². The second-order valence-electron chi connectivity index (χ2n) is 5.58. The van der Waals surface area contributed by atoms with E-state index in [9.17, 15) is 9.90 Å². The normalized spacial score (nSPS) is 10.9. The van der Waals surface area contributed by atoms with Crippen molar-refractivity contribution >= 4 is 17.3 Å². The highest BCUT2D eigenvalue weighted by Crippen LogP contribution is 2.40. The van der Waals surface area contributed by atoms with E-state index < -0.39 is 5.97 Å². The maximum Gasteiger partial charge on any atom is 0.347 e. The highest BCUT2D eigenvalue weighted by Gasteiger charge is 2.19. The first kappa shape index (κ1) is 18.2. The molecule has 0 spiro atoms. The van der Waals surface area contributed by atoms with Crippen LogP contribution in [0.1, 0.15) is 21.8 Å². The van der Waals surface area contributed by atoms with E-state index in [1.807, 2.05) is 32.3 Å². The maximum atomic E-state index is 11.3. The molecule has 0 fully saturated rings. The summed E-state index contributed by atoms with van der Waals surface area (Å²) in [5, 5.41) is 9.85. The molecule has 0 amide bonds. The Bertz CT molecular complexity index is 713. The quantitative estimate of drug-likeness (QED) is 0.738. The molecular weight excluding hydrogens is 328 g/mol. The fourth-order valence-electron chi connectivity index (χ4n) is 2.26. The summed E-state index contributed by atoms with van der Waals surface area (Å²) in [5.74, 6) is 0.249. The van der Waals surface area contributed by atoms with Gasteiger partial charge in [0.2, 0.25) is 0 Å². The van der Waals surface area contributed by atoms with Gasteiger partial charge in [0.05, 0.1) is 25.0 Å². The van der Waals surface area contributed by atoms with Crippen LogP contribution in [0.15, 0.2) is 18.2 Å². The Labute approximate surface area is 145 Å². The molecule has 0 bridgehead atoms. The Balaban J connectivity index is 2.32. The van der Waals surface area contributed by atoms with Crippen molar-refractivity contribution in [3.05, 3.63) is 28.8 Å². The second kappa shape index (κ2) is 8.12. The molecule has 1 N–H and O–H groups in total. The zero-order chi connectivity index (χ0) is 17.7. The van der Waals surface area contributed by atoms with Crippen LogP contribution in [0.2, 0.25) is 0 Å². The zero-order valence-electron chi connectivity index (χ0n) is 14.3. The van der Waals surface area contributed by atoms with E-state index in [0.29, 0.717) is 28.8 Å². The van der Waals surface area contributed by atoms with Gasteiger partial charge in [0.25, 0.3) is 0 Å². The van der Waals surface area contributed by atoms with Crippen molar-refractivity contribution in [2.45, 2.75) is 13.3 Å². The molecule has 0 aliphatic heterocycles. The first-order chi connectivity index (χ1) is 11.4. The van der Waals surface area contributed by atoms with Crippen LogP contribution in [-0.4, -0.2) is 55.3 Å². The summed E-state index contributed by atoms with van der Waals surface area (Å²) in [7, 11) is 5.61. The highest BCUT2D eigenvalue weighted by atomic mass is 32.1. The average molecular weight is 350 g/mol. The summed E-state index contributed by atoms with van der Waals surface area (Å²) < 4.78 is 11.3. The van der Waals surface area contributed by atoms with Crippen molar-refractivity contribution in [3.63, 3.8) is 0 Å². The summed E-state index contributed by atoms with van der Waals surface area (Å²) in [4.78, 5) is 18.0. The second-order valence-corrected chi connectivity index (χ2v) is 6.58. The number of methoxy groups -OCH3 is 1. The lowest BCUT2D eigenvalue weighted by molar-refractivity contribution is 0.0701. The summed E-state index contributed by atoms with van der Waals surface area (Å²) >= 11 is 1.14.